The number of nitrogens with one attached hydrogen (secondary N) is 1. The second-order valence-corrected chi connectivity index (χ2v) is 12.3. The van der Waals surface area contributed by atoms with Crippen LogP contribution in [0.5, 0.6) is 0 Å². The van der Waals surface area contributed by atoms with Crippen LogP contribution in [0.2, 0.25) is 0 Å². The van der Waals surface area contributed by atoms with Crippen molar-refractivity contribution in [1.82, 2.24) is 19.9 Å². The van der Waals surface area contributed by atoms with Gasteiger partial charge in [0, 0.05) is 79.5 Å². The molecule has 1 amide bonds. The van der Waals surface area contributed by atoms with Gasteiger partial charge in [-0.15, -0.1) is 0 Å². The Kier molecular flexibility index (Phi) is 8.51. The maximum atomic E-state index is 15.5. The molecule has 0 bridgehead atoms. The molecule has 2 fully saturated rings. The van der Waals surface area contributed by atoms with Crippen molar-refractivity contribution in [3.8, 4) is 11.1 Å². The number of amides is 1. The number of hydrogen-bond acceptors (Lipinski definition) is 10. The first-order valence-corrected chi connectivity index (χ1v) is 15.2. The number of benzene rings is 1. The van der Waals surface area contributed by atoms with Crippen LogP contribution in [0.3, 0.4) is 0 Å². The molecule has 2 aliphatic rings. The van der Waals surface area contributed by atoms with Gasteiger partial charge in [0.25, 0.3) is 0 Å². The van der Waals surface area contributed by atoms with E-state index in [0.29, 0.717) is 91.2 Å². The third-order valence-corrected chi connectivity index (χ3v) is 7.77. The lowest BCUT2D eigenvalue weighted by Crippen LogP contribution is -2.36. The van der Waals surface area contributed by atoms with Crippen LogP contribution in [0, 0.1) is 18.6 Å². The quantitative estimate of drug-likeness (QED) is 0.270. The molecule has 3 aromatic heterocycles. The minimum atomic E-state index is -0.786. The van der Waals surface area contributed by atoms with Crippen molar-refractivity contribution in [2.24, 2.45) is 0 Å². The molecule has 6 rings (SSSR count). The molecule has 1 aromatic carbocycles. The maximum absolute atomic E-state index is 15.5. The molecule has 13 heteroatoms. The first-order valence-electron chi connectivity index (χ1n) is 15.2. The predicted octanol–water partition coefficient (Wildman–Crippen LogP) is 5.26. The lowest BCUT2D eigenvalue weighted by molar-refractivity contribution is -0.154. The van der Waals surface area contributed by atoms with Crippen LogP contribution in [0.1, 0.15) is 45.0 Å². The van der Waals surface area contributed by atoms with Gasteiger partial charge in [-0.25, -0.2) is 28.7 Å². The lowest BCUT2D eigenvalue weighted by atomic mass is 10.0. The summed E-state index contributed by atoms with van der Waals surface area (Å²) in [5.74, 6) is -0.771. The van der Waals surface area contributed by atoms with E-state index in [1.165, 1.54) is 0 Å². The summed E-state index contributed by atoms with van der Waals surface area (Å²) < 4.78 is 40.9. The molecular formula is C33H35F2N7O4. The summed E-state index contributed by atoms with van der Waals surface area (Å²) in [7, 11) is 0. The molecule has 0 radical (unpaired) electrons. The molecule has 4 aromatic rings. The molecule has 0 spiro atoms. The second kappa shape index (κ2) is 12.5. The van der Waals surface area contributed by atoms with E-state index in [0.717, 1.165) is 12.1 Å². The largest absolute Gasteiger partial charge is 0.460 e. The number of anilines is 4. The van der Waals surface area contributed by atoms with Crippen molar-refractivity contribution in [2.45, 2.75) is 52.6 Å². The molecular weight excluding hydrogens is 596 g/mol. The molecule has 0 saturated carbocycles. The summed E-state index contributed by atoms with van der Waals surface area (Å²) in [6, 6.07) is 3.83. The Labute approximate surface area is 265 Å². The summed E-state index contributed by atoms with van der Waals surface area (Å²) in [6.07, 6.45) is 5.81. The van der Waals surface area contributed by atoms with E-state index in [4.69, 9.17) is 14.5 Å². The molecule has 1 N–H and O–H groups in total. The van der Waals surface area contributed by atoms with Gasteiger partial charge in [0.2, 0.25) is 5.91 Å². The van der Waals surface area contributed by atoms with E-state index in [1.54, 1.807) is 51.2 Å². The summed E-state index contributed by atoms with van der Waals surface area (Å²) in [6.45, 7) is 9.98. The first kappa shape index (κ1) is 31.2. The van der Waals surface area contributed by atoms with Gasteiger partial charge in [-0.2, -0.15) is 0 Å². The van der Waals surface area contributed by atoms with Crippen LogP contribution in [0.4, 0.5) is 31.8 Å². The van der Waals surface area contributed by atoms with Crippen LogP contribution in [0.25, 0.3) is 22.0 Å². The molecule has 2 saturated heterocycles. The molecule has 240 valence electrons. The fourth-order valence-electron chi connectivity index (χ4n) is 5.65. The number of halogens is 2. The van der Waals surface area contributed by atoms with Crippen LogP contribution in [-0.4, -0.2) is 70.3 Å². The van der Waals surface area contributed by atoms with Crippen LogP contribution in [-0.2, 0) is 25.5 Å². The fourth-order valence-corrected chi connectivity index (χ4v) is 5.65. The van der Waals surface area contributed by atoms with Crippen molar-refractivity contribution < 1.29 is 27.8 Å². The molecule has 46 heavy (non-hydrogen) atoms. The number of nitrogens with zero attached hydrogens (tertiary/aromatic N) is 6. The maximum Gasteiger partial charge on any atom is 0.314 e. The highest BCUT2D eigenvalue weighted by Crippen LogP contribution is 2.40. The Morgan fingerprint density at radius 1 is 1.04 bits per heavy atom. The summed E-state index contributed by atoms with van der Waals surface area (Å²) >= 11 is 0. The lowest BCUT2D eigenvalue weighted by Gasteiger charge is -2.29. The van der Waals surface area contributed by atoms with E-state index in [2.05, 4.69) is 25.2 Å². The Balaban J connectivity index is 1.44. The smallest absolute Gasteiger partial charge is 0.314 e. The van der Waals surface area contributed by atoms with E-state index in [-0.39, 0.29) is 23.2 Å². The number of morpholine rings is 1. The molecule has 11 nitrogen and oxygen atoms in total. The van der Waals surface area contributed by atoms with Gasteiger partial charge >= 0.3 is 5.97 Å². The van der Waals surface area contributed by atoms with Crippen molar-refractivity contribution in [3.05, 3.63) is 59.8 Å². The third kappa shape index (κ3) is 6.59. The van der Waals surface area contributed by atoms with Crippen molar-refractivity contribution >= 4 is 45.8 Å². The van der Waals surface area contributed by atoms with E-state index in [1.807, 2.05) is 6.07 Å². The monoisotopic (exact) mass is 631 g/mol. The Hall–Kier alpha value is -4.78. The summed E-state index contributed by atoms with van der Waals surface area (Å²) in [4.78, 5) is 46.8. The standard InChI is InChI=1S/C33H35F2N7O4/c1-19-31(30-23(35)12-21(34)13-25(30)40-32(19)42-7-5-6-28(42)43)39-24-14-27(41-8-10-45-11-9-41)38-18-22(24)20-16-36-26(37-17-20)15-29(44)46-33(2,3)4/h12-14,16-18H,5-11,15H2,1-4H3,(H,38,39,40). The van der Waals surface area contributed by atoms with Gasteiger partial charge in [-0.1, -0.05) is 0 Å². The van der Waals surface area contributed by atoms with Gasteiger partial charge in [0.05, 0.1) is 35.5 Å². The number of rotatable bonds is 7. The third-order valence-electron chi connectivity index (χ3n) is 7.77. The highest BCUT2D eigenvalue weighted by atomic mass is 19.1. The topological polar surface area (TPSA) is 123 Å². The zero-order valence-electron chi connectivity index (χ0n) is 26.2. The zero-order chi connectivity index (χ0) is 32.6. The number of hydrogen-bond donors (Lipinski definition) is 1. The van der Waals surface area contributed by atoms with E-state index >= 15 is 4.39 Å². The number of carbonyl (C=O) groups excluding carboxylic acids is 2. The minimum Gasteiger partial charge on any atom is -0.460 e. The summed E-state index contributed by atoms with van der Waals surface area (Å²) in [5.41, 5.74) is 2.08. The predicted molar refractivity (Wildman–Crippen MR) is 169 cm³/mol. The Morgan fingerprint density at radius 3 is 2.46 bits per heavy atom. The van der Waals surface area contributed by atoms with Gasteiger partial charge in [0.15, 0.2) is 0 Å². The number of carbonyl (C=O) groups is 2. The van der Waals surface area contributed by atoms with Crippen LogP contribution >= 0.6 is 0 Å². The average Bonchev–Trinajstić information content (AvgIpc) is 3.43. The first-order chi connectivity index (χ1) is 22.0. The Morgan fingerprint density at radius 2 is 1.78 bits per heavy atom. The van der Waals surface area contributed by atoms with E-state index in [9.17, 15) is 14.0 Å². The van der Waals surface area contributed by atoms with Crippen LogP contribution < -0.4 is 15.1 Å². The highest BCUT2D eigenvalue weighted by Gasteiger charge is 2.28. The zero-order valence-corrected chi connectivity index (χ0v) is 26.2. The second-order valence-electron chi connectivity index (χ2n) is 12.3. The van der Waals surface area contributed by atoms with Crippen molar-refractivity contribution in [3.63, 3.8) is 0 Å². The van der Waals surface area contributed by atoms with Gasteiger partial charge < -0.3 is 19.7 Å². The molecule has 0 atom stereocenters. The van der Waals surface area contributed by atoms with Crippen molar-refractivity contribution in [2.75, 3.05) is 48.0 Å². The number of ether oxygens (including phenoxy) is 2. The molecule has 0 unspecified atom stereocenters. The van der Waals surface area contributed by atoms with Gasteiger partial charge in [0.1, 0.15) is 41.1 Å². The summed E-state index contributed by atoms with van der Waals surface area (Å²) in [5, 5.41) is 3.50. The highest BCUT2D eigenvalue weighted by molar-refractivity contribution is 6.03. The number of pyridine rings is 2. The van der Waals surface area contributed by atoms with Crippen LogP contribution in [0.15, 0.2) is 36.8 Å². The normalized spacial score (nSPS) is 15.5. The average molecular weight is 632 g/mol. The number of fused-ring (bicyclic) bond motifs is 1. The molecule has 5 heterocycles. The van der Waals surface area contributed by atoms with E-state index < -0.39 is 23.2 Å². The SMILES string of the molecule is Cc1c(N2CCCC2=O)nc2cc(F)cc(F)c2c1Nc1cc(N2CCOCC2)ncc1-c1cnc(CC(=O)OC(C)(C)C)nc1. The van der Waals surface area contributed by atoms with Gasteiger partial charge in [-0.3, -0.25) is 14.5 Å². The molecule has 0 aliphatic carbocycles. The Bertz CT molecular complexity index is 1810. The molecule has 2 aliphatic heterocycles. The van der Waals surface area contributed by atoms with Crippen molar-refractivity contribution in [1.29, 1.82) is 0 Å². The van der Waals surface area contributed by atoms with Gasteiger partial charge in [-0.05, 0) is 34.1 Å². The minimum absolute atomic E-state index is 0.0825. The number of esters is 1. The number of aromatic nitrogens is 4. The fraction of sp³-hybridized carbons (Fsp3) is 0.394.